The molecule has 0 fully saturated rings. The van der Waals surface area contributed by atoms with Gasteiger partial charge in [-0.25, -0.2) is 13.8 Å². The zero-order valence-electron chi connectivity index (χ0n) is 15.2. The fourth-order valence-electron chi connectivity index (χ4n) is 2.96. The van der Waals surface area contributed by atoms with E-state index in [1.165, 1.54) is 18.2 Å². The lowest BCUT2D eigenvalue weighted by atomic mass is 9.72. The molecule has 0 saturated carbocycles. The highest BCUT2D eigenvalue weighted by atomic mass is 79.9. The van der Waals surface area contributed by atoms with E-state index in [2.05, 4.69) is 20.9 Å². The molecule has 0 heterocycles. The van der Waals surface area contributed by atoms with E-state index in [0.29, 0.717) is 4.47 Å². The molecule has 0 bridgehead atoms. The minimum Gasteiger partial charge on any atom is -0.480 e. The number of aliphatic imine (C=N–C) groups is 1. The van der Waals surface area contributed by atoms with E-state index in [9.17, 15) is 13.6 Å². The van der Waals surface area contributed by atoms with Crippen LogP contribution < -0.4 is 5.73 Å². The average Bonchev–Trinajstić information content (AvgIpc) is 2.64. The lowest BCUT2D eigenvalue weighted by Crippen LogP contribution is -2.41. The third kappa shape index (κ3) is 5.42. The Kier molecular flexibility index (Phi) is 8.69. The van der Waals surface area contributed by atoms with Gasteiger partial charge in [-0.15, -0.1) is 0 Å². The van der Waals surface area contributed by atoms with Crippen molar-refractivity contribution in [3.8, 4) is 6.07 Å². The van der Waals surface area contributed by atoms with Crippen LogP contribution in [0.1, 0.15) is 25.8 Å². The van der Waals surface area contributed by atoms with Crippen molar-refractivity contribution in [2.24, 2.45) is 28.5 Å². The van der Waals surface area contributed by atoms with Gasteiger partial charge < -0.3 is 10.8 Å². The lowest BCUT2D eigenvalue weighted by molar-refractivity contribution is -0.140. The number of nitrogens with two attached hydrogens (primary N) is 1. The van der Waals surface area contributed by atoms with Crippen molar-refractivity contribution in [2.45, 2.75) is 25.8 Å². The van der Waals surface area contributed by atoms with E-state index in [1.54, 1.807) is 26.2 Å². The van der Waals surface area contributed by atoms with Crippen LogP contribution in [0.2, 0.25) is 0 Å². The summed E-state index contributed by atoms with van der Waals surface area (Å²) in [4.78, 5) is 15.5. The monoisotopic (exact) mass is 461 g/mol. The Labute approximate surface area is 170 Å². The number of carbonyl (C=O) groups is 1. The largest absolute Gasteiger partial charge is 0.480 e. The van der Waals surface area contributed by atoms with E-state index in [0.717, 1.165) is 11.8 Å². The van der Waals surface area contributed by atoms with Gasteiger partial charge in [-0.3, -0.25) is 4.79 Å². The maximum absolute atomic E-state index is 14.6. The molecule has 0 radical (unpaired) electrons. The topological polar surface area (TPSA) is 99.5 Å². The summed E-state index contributed by atoms with van der Waals surface area (Å²) < 4.78 is 29.6. The molecule has 1 aromatic rings. The van der Waals surface area contributed by atoms with Crippen LogP contribution in [0.5, 0.6) is 0 Å². The summed E-state index contributed by atoms with van der Waals surface area (Å²) >= 11 is 4.37. The van der Waals surface area contributed by atoms with Crippen molar-refractivity contribution in [3.63, 3.8) is 0 Å². The first-order valence-electron chi connectivity index (χ1n) is 8.16. The summed E-state index contributed by atoms with van der Waals surface area (Å²) in [6, 6.07) is 5.89. The SMILES string of the molecule is CSC(N)=N[C@](CF)(c1cc(Br)ccc1F)[C@H](C)[C@@H](C)CC(C#N)C(=O)O. The average molecular weight is 462 g/mol. The van der Waals surface area contributed by atoms with Crippen LogP contribution in [-0.4, -0.2) is 29.2 Å². The molecule has 0 saturated heterocycles. The first kappa shape index (κ1) is 23.4. The quantitative estimate of drug-likeness (QED) is 0.443. The highest BCUT2D eigenvalue weighted by molar-refractivity contribution is 9.10. The Morgan fingerprint density at radius 2 is 2.15 bits per heavy atom. The van der Waals surface area contributed by atoms with Crippen LogP contribution in [-0.2, 0) is 10.3 Å². The van der Waals surface area contributed by atoms with Crippen molar-refractivity contribution in [1.82, 2.24) is 0 Å². The molecular weight excluding hydrogens is 440 g/mol. The summed E-state index contributed by atoms with van der Waals surface area (Å²) in [6.07, 6.45) is 1.66. The number of nitrogens with zero attached hydrogens (tertiary/aromatic N) is 2. The number of nitriles is 1. The molecule has 3 N–H and O–H groups in total. The Hall–Kier alpha value is -1.66. The van der Waals surface area contributed by atoms with Crippen LogP contribution in [0.4, 0.5) is 8.78 Å². The summed E-state index contributed by atoms with van der Waals surface area (Å²) in [6.45, 7) is 2.33. The molecule has 0 amide bonds. The van der Waals surface area contributed by atoms with Gasteiger partial charge in [0.05, 0.1) is 6.07 Å². The third-order valence-electron chi connectivity index (χ3n) is 4.79. The summed E-state index contributed by atoms with van der Waals surface area (Å²) in [5.41, 5.74) is 4.23. The Balaban J connectivity index is 3.51. The number of halogens is 3. The summed E-state index contributed by atoms with van der Waals surface area (Å²) in [5, 5.41) is 18.3. The van der Waals surface area contributed by atoms with Crippen LogP contribution in [0, 0.1) is 34.9 Å². The second kappa shape index (κ2) is 10.0. The summed E-state index contributed by atoms with van der Waals surface area (Å²) in [7, 11) is 0. The van der Waals surface area contributed by atoms with Crippen LogP contribution in [0.15, 0.2) is 27.7 Å². The van der Waals surface area contributed by atoms with E-state index in [-0.39, 0.29) is 17.2 Å². The Morgan fingerprint density at radius 3 is 2.63 bits per heavy atom. The first-order valence-corrected chi connectivity index (χ1v) is 10.2. The number of carboxylic acids is 1. The molecule has 0 aromatic heterocycles. The van der Waals surface area contributed by atoms with Crippen LogP contribution >= 0.6 is 27.7 Å². The number of thioether (sulfide) groups is 1. The van der Waals surface area contributed by atoms with Gasteiger partial charge in [-0.1, -0.05) is 41.5 Å². The number of hydrogen-bond donors (Lipinski definition) is 2. The van der Waals surface area contributed by atoms with Crippen LogP contribution in [0.25, 0.3) is 0 Å². The molecule has 0 spiro atoms. The third-order valence-corrected chi connectivity index (χ3v) is 5.79. The minimum absolute atomic E-state index is 0.0148. The fourth-order valence-corrected chi connectivity index (χ4v) is 3.57. The molecule has 148 valence electrons. The number of amidine groups is 1. The molecule has 0 aliphatic heterocycles. The van der Waals surface area contributed by atoms with E-state index in [4.69, 9.17) is 16.1 Å². The highest BCUT2D eigenvalue weighted by Crippen LogP contribution is 2.43. The maximum atomic E-state index is 14.6. The summed E-state index contributed by atoms with van der Waals surface area (Å²) in [5.74, 6) is -4.20. The molecule has 0 aliphatic rings. The predicted molar refractivity (Wildman–Crippen MR) is 107 cm³/mol. The van der Waals surface area contributed by atoms with Crippen molar-refractivity contribution < 1.29 is 18.7 Å². The number of rotatable bonds is 8. The zero-order chi connectivity index (χ0) is 20.8. The maximum Gasteiger partial charge on any atom is 0.320 e. The number of hydrogen-bond acceptors (Lipinski definition) is 4. The van der Waals surface area contributed by atoms with Gasteiger partial charge in [-0.05, 0) is 42.7 Å². The molecular formula is C18H22BrF2N3O2S. The van der Waals surface area contributed by atoms with Gasteiger partial charge in [0, 0.05) is 10.0 Å². The van der Waals surface area contributed by atoms with Gasteiger partial charge >= 0.3 is 5.97 Å². The highest BCUT2D eigenvalue weighted by Gasteiger charge is 2.44. The zero-order valence-corrected chi connectivity index (χ0v) is 17.7. The standard InChI is InChI=1S/C18H22BrF2N3O2S/c1-10(6-12(8-22)16(25)26)11(2)18(9-20,24-17(23)27-3)14-7-13(19)4-5-15(14)21/h4-5,7,10-12H,6,9H2,1-3H3,(H2,23,24)(H,25,26)/t10-,11+,12?,18-/m0/s1. The van der Waals surface area contributed by atoms with Crippen molar-refractivity contribution in [1.29, 1.82) is 5.26 Å². The normalized spacial score (nSPS) is 17.4. The molecule has 1 unspecified atom stereocenters. The molecule has 1 rings (SSSR count). The van der Waals surface area contributed by atoms with Gasteiger partial charge in [0.15, 0.2) is 5.17 Å². The minimum atomic E-state index is -1.64. The van der Waals surface area contributed by atoms with E-state index >= 15 is 0 Å². The van der Waals surface area contributed by atoms with Gasteiger partial charge in [0.1, 0.15) is 23.9 Å². The predicted octanol–water partition coefficient (Wildman–Crippen LogP) is 4.32. The van der Waals surface area contributed by atoms with E-state index < -0.39 is 41.8 Å². The Morgan fingerprint density at radius 1 is 1.52 bits per heavy atom. The Bertz CT molecular complexity index is 757. The smallest absolute Gasteiger partial charge is 0.320 e. The lowest BCUT2D eigenvalue weighted by Gasteiger charge is -2.38. The molecule has 9 heteroatoms. The van der Waals surface area contributed by atoms with Crippen molar-refractivity contribution in [3.05, 3.63) is 34.1 Å². The number of carboxylic acid groups (broad SMARTS) is 1. The van der Waals surface area contributed by atoms with Gasteiger partial charge in [-0.2, -0.15) is 5.26 Å². The van der Waals surface area contributed by atoms with Crippen molar-refractivity contribution >= 4 is 38.8 Å². The van der Waals surface area contributed by atoms with Gasteiger partial charge in [0.25, 0.3) is 0 Å². The van der Waals surface area contributed by atoms with Crippen LogP contribution in [0.3, 0.4) is 0 Å². The molecule has 0 aliphatic carbocycles. The first-order chi connectivity index (χ1) is 12.6. The second-order valence-electron chi connectivity index (χ2n) is 6.36. The second-order valence-corrected chi connectivity index (χ2v) is 8.10. The molecule has 27 heavy (non-hydrogen) atoms. The van der Waals surface area contributed by atoms with Gasteiger partial charge in [0.2, 0.25) is 0 Å². The number of aliphatic carboxylic acids is 1. The number of alkyl halides is 1. The molecule has 5 nitrogen and oxygen atoms in total. The van der Waals surface area contributed by atoms with Crippen molar-refractivity contribution in [2.75, 3.05) is 12.9 Å². The fraction of sp³-hybridized carbons (Fsp3) is 0.500. The molecule has 4 atom stereocenters. The number of benzene rings is 1. The van der Waals surface area contributed by atoms with E-state index in [1.807, 2.05) is 0 Å². The molecule has 1 aromatic carbocycles.